The third-order valence-corrected chi connectivity index (χ3v) is 1.24. The Morgan fingerprint density at radius 1 is 1.50 bits per heavy atom. The van der Waals surface area contributed by atoms with E-state index >= 15 is 0 Å². The Kier molecular flexibility index (Phi) is 4.85. The molecular formula is C10H16N2O2. The van der Waals surface area contributed by atoms with Gasteiger partial charge in [-0.1, -0.05) is 0 Å². The Bertz CT molecular complexity index is 269. The predicted octanol–water partition coefficient (Wildman–Crippen LogP) is 1.70. The molecule has 0 amide bonds. The summed E-state index contributed by atoms with van der Waals surface area (Å²) in [5.74, 6) is -0.309. The zero-order valence-corrected chi connectivity index (χ0v) is 9.13. The fourth-order valence-corrected chi connectivity index (χ4v) is 0.813. The van der Waals surface area contributed by atoms with E-state index in [-0.39, 0.29) is 18.9 Å². The topological polar surface area (TPSA) is 62.4 Å². The number of ether oxygens (including phenoxy) is 1. The van der Waals surface area contributed by atoms with Gasteiger partial charge in [0.2, 0.25) is 0 Å². The quantitative estimate of drug-likeness (QED) is 0.392. The van der Waals surface area contributed by atoms with Crippen LogP contribution in [-0.2, 0) is 9.53 Å². The van der Waals surface area contributed by atoms with Crippen LogP contribution < -0.4 is 0 Å². The first-order valence-electron chi connectivity index (χ1n) is 4.44. The van der Waals surface area contributed by atoms with E-state index in [1.165, 1.54) is 0 Å². The molecule has 0 saturated heterocycles. The highest BCUT2D eigenvalue weighted by atomic mass is 16.6. The van der Waals surface area contributed by atoms with Crippen LogP contribution in [0.4, 0.5) is 0 Å². The standard InChI is InChI=1S/C10H16N2O2/c1-8(12-6-5-11)7-9(13)14-10(2,3)4/h6-7H2,1-4H3. The van der Waals surface area contributed by atoms with Gasteiger partial charge in [-0.05, 0) is 27.7 Å². The van der Waals surface area contributed by atoms with E-state index in [9.17, 15) is 4.79 Å². The van der Waals surface area contributed by atoms with Crippen LogP contribution in [0.5, 0.6) is 0 Å². The molecule has 0 rings (SSSR count). The molecule has 4 nitrogen and oxygen atoms in total. The van der Waals surface area contributed by atoms with Crippen LogP contribution in [0.25, 0.3) is 0 Å². The van der Waals surface area contributed by atoms with Crippen molar-refractivity contribution < 1.29 is 9.53 Å². The molecule has 0 aliphatic rings. The Labute approximate surface area is 84.6 Å². The van der Waals surface area contributed by atoms with Crippen molar-refractivity contribution in [3.63, 3.8) is 0 Å². The average Bonchev–Trinajstić information content (AvgIpc) is 1.96. The summed E-state index contributed by atoms with van der Waals surface area (Å²) in [6, 6.07) is 1.88. The number of esters is 1. The normalized spacial score (nSPS) is 12.1. The second kappa shape index (κ2) is 5.38. The molecule has 0 aliphatic carbocycles. The van der Waals surface area contributed by atoms with Gasteiger partial charge in [-0.25, -0.2) is 0 Å². The molecule has 14 heavy (non-hydrogen) atoms. The van der Waals surface area contributed by atoms with E-state index < -0.39 is 5.60 Å². The molecule has 4 heteroatoms. The van der Waals surface area contributed by atoms with Gasteiger partial charge in [0, 0.05) is 5.71 Å². The highest BCUT2D eigenvalue weighted by Gasteiger charge is 2.16. The monoisotopic (exact) mass is 196 g/mol. The maximum Gasteiger partial charge on any atom is 0.312 e. The lowest BCUT2D eigenvalue weighted by Crippen LogP contribution is -2.24. The van der Waals surface area contributed by atoms with Crippen LogP contribution in [0.15, 0.2) is 4.99 Å². The minimum Gasteiger partial charge on any atom is -0.460 e. The highest BCUT2D eigenvalue weighted by molar-refractivity contribution is 5.97. The zero-order chi connectivity index (χ0) is 11.2. The van der Waals surface area contributed by atoms with E-state index in [4.69, 9.17) is 10.00 Å². The number of hydrogen-bond donors (Lipinski definition) is 0. The fourth-order valence-electron chi connectivity index (χ4n) is 0.813. The van der Waals surface area contributed by atoms with Crippen molar-refractivity contribution in [2.24, 2.45) is 4.99 Å². The van der Waals surface area contributed by atoms with Crippen molar-refractivity contribution in [2.75, 3.05) is 6.54 Å². The summed E-state index contributed by atoms with van der Waals surface area (Å²) in [6.45, 7) is 7.24. The molecule has 0 aromatic heterocycles. The first-order valence-corrected chi connectivity index (χ1v) is 4.44. The minimum absolute atomic E-state index is 0.0919. The molecular weight excluding hydrogens is 180 g/mol. The number of nitrogens with zero attached hydrogens (tertiary/aromatic N) is 2. The first-order chi connectivity index (χ1) is 6.35. The molecule has 0 aromatic carbocycles. The molecule has 0 N–H and O–H groups in total. The largest absolute Gasteiger partial charge is 0.460 e. The molecule has 0 unspecified atom stereocenters. The van der Waals surface area contributed by atoms with E-state index in [1.54, 1.807) is 6.92 Å². The van der Waals surface area contributed by atoms with Crippen LogP contribution >= 0.6 is 0 Å². The summed E-state index contributed by atoms with van der Waals surface area (Å²) < 4.78 is 5.09. The van der Waals surface area contributed by atoms with Crippen LogP contribution in [0.3, 0.4) is 0 Å². The van der Waals surface area contributed by atoms with Gasteiger partial charge >= 0.3 is 5.97 Å². The molecule has 0 bridgehead atoms. The summed E-state index contributed by atoms with van der Waals surface area (Å²) in [5.41, 5.74) is 0.160. The summed E-state index contributed by atoms with van der Waals surface area (Å²) >= 11 is 0. The molecule has 0 saturated carbocycles. The van der Waals surface area contributed by atoms with Crippen molar-refractivity contribution in [2.45, 2.75) is 39.7 Å². The summed E-state index contributed by atoms with van der Waals surface area (Å²) in [4.78, 5) is 15.1. The number of hydrogen-bond acceptors (Lipinski definition) is 4. The summed E-state index contributed by atoms with van der Waals surface area (Å²) in [7, 11) is 0. The minimum atomic E-state index is -0.466. The van der Waals surface area contributed by atoms with Gasteiger partial charge < -0.3 is 4.74 Å². The molecule has 0 aromatic rings. The molecule has 78 valence electrons. The average molecular weight is 196 g/mol. The molecule has 0 spiro atoms. The van der Waals surface area contributed by atoms with Crippen LogP contribution in [0.2, 0.25) is 0 Å². The van der Waals surface area contributed by atoms with Gasteiger partial charge in [0.05, 0.1) is 12.5 Å². The Hall–Kier alpha value is -1.37. The highest BCUT2D eigenvalue weighted by Crippen LogP contribution is 2.08. The van der Waals surface area contributed by atoms with E-state index in [0.717, 1.165) is 0 Å². The number of carbonyl (C=O) groups excluding carboxylic acids is 1. The van der Waals surface area contributed by atoms with E-state index in [2.05, 4.69) is 4.99 Å². The summed E-state index contributed by atoms with van der Waals surface area (Å²) in [6.07, 6.45) is 0.152. The van der Waals surface area contributed by atoms with Crippen LogP contribution in [0, 0.1) is 11.3 Å². The number of rotatable bonds is 3. The SMILES string of the molecule is CC(CC(=O)OC(C)(C)C)=NCC#N. The van der Waals surface area contributed by atoms with Crippen molar-refractivity contribution in [3.8, 4) is 6.07 Å². The maximum atomic E-state index is 11.2. The van der Waals surface area contributed by atoms with Crippen molar-refractivity contribution in [1.82, 2.24) is 0 Å². The molecule has 0 aliphatic heterocycles. The second-order valence-electron chi connectivity index (χ2n) is 3.97. The van der Waals surface area contributed by atoms with Gasteiger partial charge in [-0.15, -0.1) is 0 Å². The Balaban J connectivity index is 4.02. The van der Waals surface area contributed by atoms with Gasteiger partial charge in [0.15, 0.2) is 0 Å². The number of carbonyl (C=O) groups is 1. The lowest BCUT2D eigenvalue weighted by atomic mass is 10.2. The van der Waals surface area contributed by atoms with E-state index in [1.807, 2.05) is 26.8 Å². The van der Waals surface area contributed by atoms with Gasteiger partial charge in [0.25, 0.3) is 0 Å². The number of nitriles is 1. The second-order valence-corrected chi connectivity index (χ2v) is 3.97. The fraction of sp³-hybridized carbons (Fsp3) is 0.700. The first kappa shape index (κ1) is 12.6. The van der Waals surface area contributed by atoms with E-state index in [0.29, 0.717) is 5.71 Å². The lowest BCUT2D eigenvalue weighted by molar-refractivity contribution is -0.153. The third kappa shape index (κ3) is 7.29. The summed E-state index contributed by atoms with van der Waals surface area (Å²) in [5, 5.41) is 8.26. The number of aliphatic imine (C=N–C) groups is 1. The lowest BCUT2D eigenvalue weighted by Gasteiger charge is -2.19. The van der Waals surface area contributed by atoms with Gasteiger partial charge in [-0.2, -0.15) is 5.26 Å². The van der Waals surface area contributed by atoms with Crippen molar-refractivity contribution in [1.29, 1.82) is 5.26 Å². The molecule has 0 fully saturated rings. The van der Waals surface area contributed by atoms with Gasteiger partial charge in [-0.3, -0.25) is 9.79 Å². The van der Waals surface area contributed by atoms with Gasteiger partial charge in [0.1, 0.15) is 12.1 Å². The molecule has 0 heterocycles. The molecule has 0 radical (unpaired) electrons. The van der Waals surface area contributed by atoms with Crippen molar-refractivity contribution in [3.05, 3.63) is 0 Å². The third-order valence-electron chi connectivity index (χ3n) is 1.24. The molecule has 0 atom stereocenters. The zero-order valence-electron chi connectivity index (χ0n) is 9.13. The maximum absolute atomic E-state index is 11.2. The Morgan fingerprint density at radius 2 is 2.07 bits per heavy atom. The van der Waals surface area contributed by atoms with Crippen LogP contribution in [-0.4, -0.2) is 23.8 Å². The van der Waals surface area contributed by atoms with Crippen molar-refractivity contribution >= 4 is 11.7 Å². The Morgan fingerprint density at radius 3 is 2.50 bits per heavy atom. The smallest absolute Gasteiger partial charge is 0.312 e. The predicted molar refractivity (Wildman–Crippen MR) is 54.1 cm³/mol. The van der Waals surface area contributed by atoms with Crippen LogP contribution in [0.1, 0.15) is 34.1 Å².